The second-order valence-corrected chi connectivity index (χ2v) is 5.36. The van der Waals surface area contributed by atoms with E-state index in [2.05, 4.69) is 25.7 Å². The Labute approximate surface area is 82.5 Å². The largest absolute Gasteiger partial charge is 0.295 e. The zero-order valence-corrected chi connectivity index (χ0v) is 9.29. The van der Waals surface area contributed by atoms with Gasteiger partial charge in [0.05, 0.1) is 0 Å². The van der Waals surface area contributed by atoms with Crippen LogP contribution in [-0.2, 0) is 0 Å². The fraction of sp³-hybridized carbons (Fsp3) is 1.00. The van der Waals surface area contributed by atoms with E-state index < -0.39 is 0 Å². The topological polar surface area (TPSA) is 3.24 Å². The van der Waals surface area contributed by atoms with Crippen LogP contribution in [-0.4, -0.2) is 23.0 Å². The van der Waals surface area contributed by atoms with Crippen molar-refractivity contribution in [3.63, 3.8) is 0 Å². The Balaban J connectivity index is 2.10. The van der Waals surface area contributed by atoms with Gasteiger partial charge in [-0.1, -0.05) is 13.3 Å². The van der Waals surface area contributed by atoms with Crippen LogP contribution in [0.25, 0.3) is 0 Å². The van der Waals surface area contributed by atoms with E-state index in [1.165, 1.54) is 32.1 Å². The zero-order chi connectivity index (χ0) is 9.42. The van der Waals surface area contributed by atoms with E-state index in [0.717, 1.165) is 24.0 Å². The third-order valence-corrected chi connectivity index (χ3v) is 3.86. The molecule has 2 aliphatic rings. The van der Waals surface area contributed by atoms with Crippen LogP contribution in [0, 0.1) is 5.92 Å². The molecule has 1 heteroatoms. The minimum absolute atomic E-state index is 0.766. The molecule has 2 bridgehead atoms. The number of piperidine rings is 2. The summed E-state index contributed by atoms with van der Waals surface area (Å²) in [5.74, 6) is 0.977. The molecule has 0 radical (unpaired) electrons. The second kappa shape index (κ2) is 3.61. The van der Waals surface area contributed by atoms with Gasteiger partial charge in [-0.3, -0.25) is 4.90 Å². The highest BCUT2D eigenvalue weighted by Crippen LogP contribution is 2.37. The molecule has 2 heterocycles. The van der Waals surface area contributed by atoms with Crippen LogP contribution in [0.4, 0.5) is 0 Å². The van der Waals surface area contributed by atoms with Crippen LogP contribution in [0.3, 0.4) is 0 Å². The molecule has 0 aliphatic carbocycles. The Hall–Kier alpha value is -0.0400. The molecule has 2 atom stereocenters. The molecule has 0 amide bonds. The highest BCUT2D eigenvalue weighted by molar-refractivity contribution is 4.92. The molecule has 2 fully saturated rings. The van der Waals surface area contributed by atoms with Gasteiger partial charge in [-0.15, -0.1) is 0 Å². The molecule has 2 aliphatic heterocycles. The van der Waals surface area contributed by atoms with Crippen molar-refractivity contribution in [3.8, 4) is 0 Å². The SMILES string of the molecule is CC1CC2CCCC(C1)N2C(C)C. The minimum Gasteiger partial charge on any atom is -0.295 e. The molecular formula is C12H23N. The number of hydrogen-bond acceptors (Lipinski definition) is 1. The summed E-state index contributed by atoms with van der Waals surface area (Å²) >= 11 is 0. The normalized spacial score (nSPS) is 41.1. The van der Waals surface area contributed by atoms with Crippen molar-refractivity contribution in [2.75, 3.05) is 0 Å². The van der Waals surface area contributed by atoms with Gasteiger partial charge in [0, 0.05) is 18.1 Å². The molecule has 2 saturated heterocycles. The molecule has 2 rings (SSSR count). The fourth-order valence-electron chi connectivity index (χ4n) is 3.53. The third-order valence-electron chi connectivity index (χ3n) is 3.86. The van der Waals surface area contributed by atoms with Crippen molar-refractivity contribution in [1.29, 1.82) is 0 Å². The van der Waals surface area contributed by atoms with Gasteiger partial charge in [0.2, 0.25) is 0 Å². The second-order valence-electron chi connectivity index (χ2n) is 5.36. The molecule has 0 N–H and O–H groups in total. The predicted octanol–water partition coefficient (Wildman–Crippen LogP) is 3.05. The highest BCUT2D eigenvalue weighted by atomic mass is 15.2. The van der Waals surface area contributed by atoms with E-state index in [9.17, 15) is 0 Å². The lowest BCUT2D eigenvalue weighted by atomic mass is 9.78. The number of hydrogen-bond donors (Lipinski definition) is 0. The lowest BCUT2D eigenvalue weighted by Gasteiger charge is -2.50. The van der Waals surface area contributed by atoms with E-state index >= 15 is 0 Å². The first-order valence-electron chi connectivity index (χ1n) is 5.96. The minimum atomic E-state index is 0.766. The van der Waals surface area contributed by atoms with E-state index in [-0.39, 0.29) is 0 Å². The maximum atomic E-state index is 2.80. The first kappa shape index (κ1) is 9.51. The summed E-state index contributed by atoms with van der Waals surface area (Å²) in [5.41, 5.74) is 0. The molecule has 0 spiro atoms. The Kier molecular flexibility index (Phi) is 2.64. The predicted molar refractivity (Wildman–Crippen MR) is 56.8 cm³/mol. The average molecular weight is 181 g/mol. The quantitative estimate of drug-likeness (QED) is 0.601. The van der Waals surface area contributed by atoms with Gasteiger partial charge < -0.3 is 0 Å². The van der Waals surface area contributed by atoms with Crippen molar-refractivity contribution in [2.24, 2.45) is 5.92 Å². The van der Waals surface area contributed by atoms with Crippen LogP contribution in [0.15, 0.2) is 0 Å². The van der Waals surface area contributed by atoms with Gasteiger partial charge in [0.1, 0.15) is 0 Å². The van der Waals surface area contributed by atoms with Crippen molar-refractivity contribution >= 4 is 0 Å². The number of rotatable bonds is 1. The number of nitrogens with zero attached hydrogens (tertiary/aromatic N) is 1. The summed E-state index contributed by atoms with van der Waals surface area (Å²) in [7, 11) is 0. The summed E-state index contributed by atoms with van der Waals surface area (Å²) < 4.78 is 0. The monoisotopic (exact) mass is 181 g/mol. The lowest BCUT2D eigenvalue weighted by molar-refractivity contribution is -0.00602. The Morgan fingerprint density at radius 2 is 1.62 bits per heavy atom. The van der Waals surface area contributed by atoms with E-state index in [4.69, 9.17) is 0 Å². The molecule has 0 aromatic rings. The smallest absolute Gasteiger partial charge is 0.0103 e. The maximum absolute atomic E-state index is 2.80. The molecule has 13 heavy (non-hydrogen) atoms. The molecule has 76 valence electrons. The van der Waals surface area contributed by atoms with Gasteiger partial charge in [0.25, 0.3) is 0 Å². The summed E-state index contributed by atoms with van der Waals surface area (Å²) in [6.45, 7) is 7.16. The van der Waals surface area contributed by atoms with E-state index in [0.29, 0.717) is 0 Å². The van der Waals surface area contributed by atoms with Gasteiger partial charge in [-0.2, -0.15) is 0 Å². The van der Waals surface area contributed by atoms with Gasteiger partial charge in [-0.25, -0.2) is 0 Å². The summed E-state index contributed by atoms with van der Waals surface area (Å²) in [4.78, 5) is 2.80. The molecular weight excluding hydrogens is 158 g/mol. The summed E-state index contributed by atoms with van der Waals surface area (Å²) in [6.07, 6.45) is 7.30. The van der Waals surface area contributed by atoms with Crippen LogP contribution in [0.1, 0.15) is 52.9 Å². The van der Waals surface area contributed by atoms with Crippen LogP contribution >= 0.6 is 0 Å². The van der Waals surface area contributed by atoms with Crippen molar-refractivity contribution in [2.45, 2.75) is 71.0 Å². The van der Waals surface area contributed by atoms with Crippen molar-refractivity contribution in [1.82, 2.24) is 4.90 Å². The molecule has 1 nitrogen and oxygen atoms in total. The number of fused-ring (bicyclic) bond motifs is 2. The van der Waals surface area contributed by atoms with Crippen LogP contribution in [0.5, 0.6) is 0 Å². The van der Waals surface area contributed by atoms with Gasteiger partial charge in [-0.05, 0) is 45.4 Å². The van der Waals surface area contributed by atoms with Gasteiger partial charge in [0.15, 0.2) is 0 Å². The molecule has 0 aromatic heterocycles. The standard InChI is InChI=1S/C12H23N/c1-9(2)13-11-5-4-6-12(13)8-10(3)7-11/h9-12H,4-8H2,1-3H3. The summed E-state index contributed by atoms with van der Waals surface area (Å²) in [6, 6.07) is 2.60. The zero-order valence-electron chi connectivity index (χ0n) is 9.29. The summed E-state index contributed by atoms with van der Waals surface area (Å²) in [5, 5.41) is 0. The first-order chi connectivity index (χ1) is 6.18. The maximum Gasteiger partial charge on any atom is 0.0103 e. The Morgan fingerprint density at radius 1 is 1.08 bits per heavy atom. The van der Waals surface area contributed by atoms with Gasteiger partial charge >= 0.3 is 0 Å². The molecule has 0 aromatic carbocycles. The van der Waals surface area contributed by atoms with E-state index in [1.54, 1.807) is 0 Å². The van der Waals surface area contributed by atoms with Crippen LogP contribution < -0.4 is 0 Å². The Morgan fingerprint density at radius 3 is 2.08 bits per heavy atom. The first-order valence-corrected chi connectivity index (χ1v) is 5.96. The van der Waals surface area contributed by atoms with Crippen molar-refractivity contribution in [3.05, 3.63) is 0 Å². The molecule has 2 unspecified atom stereocenters. The highest BCUT2D eigenvalue weighted by Gasteiger charge is 2.37. The third kappa shape index (κ3) is 1.76. The lowest BCUT2D eigenvalue weighted by Crippen LogP contribution is -2.54. The van der Waals surface area contributed by atoms with E-state index in [1.807, 2.05) is 0 Å². The fourth-order valence-corrected chi connectivity index (χ4v) is 3.53. The average Bonchev–Trinajstić information content (AvgIpc) is 2.01. The van der Waals surface area contributed by atoms with Crippen LogP contribution in [0.2, 0.25) is 0 Å². The van der Waals surface area contributed by atoms with Crippen molar-refractivity contribution < 1.29 is 0 Å². The Bertz CT molecular complexity index is 162. The molecule has 0 saturated carbocycles.